The Morgan fingerprint density at radius 1 is 1.12 bits per heavy atom. The summed E-state index contributed by atoms with van der Waals surface area (Å²) in [5, 5.41) is 3.10. The molecule has 0 atom stereocenters. The summed E-state index contributed by atoms with van der Waals surface area (Å²) >= 11 is 0. The second-order valence-electron chi connectivity index (χ2n) is 3.05. The van der Waals surface area contributed by atoms with E-state index >= 15 is 0 Å². The first-order valence-electron chi connectivity index (χ1n) is 4.72. The minimum atomic E-state index is 0.481. The fourth-order valence-electron chi connectivity index (χ4n) is 1.15. The quantitative estimate of drug-likeness (QED) is 0.819. The van der Waals surface area contributed by atoms with E-state index in [2.05, 4.69) is 25.3 Å². The lowest BCUT2D eigenvalue weighted by Gasteiger charge is -2.05. The molecule has 0 aliphatic rings. The predicted molar refractivity (Wildman–Crippen MR) is 57.9 cm³/mol. The summed E-state index contributed by atoms with van der Waals surface area (Å²) in [4.78, 5) is 16.0. The maximum Gasteiger partial charge on any atom is 0.233 e. The number of hydrogen-bond acceptors (Lipinski definition) is 6. The highest BCUT2D eigenvalue weighted by Gasteiger charge is 1.98. The van der Waals surface area contributed by atoms with Crippen molar-refractivity contribution in [3.05, 3.63) is 36.7 Å². The molecule has 82 valence electrons. The van der Waals surface area contributed by atoms with Crippen LogP contribution in [0.15, 0.2) is 31.1 Å². The topological polar surface area (TPSA) is 72.8 Å². The molecule has 0 radical (unpaired) electrons. The molecule has 6 heteroatoms. The Kier molecular flexibility index (Phi) is 3.22. The van der Waals surface area contributed by atoms with Gasteiger partial charge in [-0.15, -0.1) is 0 Å². The summed E-state index contributed by atoms with van der Waals surface area (Å²) in [6.07, 6.45) is 8.17. The van der Waals surface area contributed by atoms with Gasteiger partial charge >= 0.3 is 0 Å². The Labute approximate surface area is 92.8 Å². The molecule has 2 rings (SSSR count). The molecule has 0 unspecified atom stereocenters. The van der Waals surface area contributed by atoms with Gasteiger partial charge in [-0.2, -0.15) is 4.98 Å². The third kappa shape index (κ3) is 2.63. The second kappa shape index (κ2) is 5.01. The Hall–Kier alpha value is -2.24. The number of hydrogen-bond donors (Lipinski definition) is 1. The van der Waals surface area contributed by atoms with Crippen molar-refractivity contribution in [2.24, 2.45) is 0 Å². The number of ether oxygens (including phenoxy) is 1. The van der Waals surface area contributed by atoms with Crippen molar-refractivity contribution in [1.29, 1.82) is 0 Å². The van der Waals surface area contributed by atoms with Crippen LogP contribution in [0.1, 0.15) is 5.56 Å². The van der Waals surface area contributed by atoms with Crippen LogP contribution in [0.25, 0.3) is 0 Å². The molecular weight excluding hydrogens is 206 g/mol. The number of anilines is 1. The van der Waals surface area contributed by atoms with Crippen LogP contribution in [0.3, 0.4) is 0 Å². The van der Waals surface area contributed by atoms with E-state index in [0.29, 0.717) is 18.2 Å². The zero-order valence-electron chi connectivity index (χ0n) is 8.79. The first-order chi connectivity index (χ1) is 7.88. The van der Waals surface area contributed by atoms with Crippen LogP contribution in [0, 0.1) is 0 Å². The van der Waals surface area contributed by atoms with E-state index in [1.54, 1.807) is 31.9 Å². The number of nitrogens with one attached hydrogen (secondary N) is 1. The van der Waals surface area contributed by atoms with Crippen molar-refractivity contribution >= 4 is 5.82 Å². The lowest BCUT2D eigenvalue weighted by Crippen LogP contribution is -2.03. The molecule has 16 heavy (non-hydrogen) atoms. The van der Waals surface area contributed by atoms with Crippen molar-refractivity contribution in [2.45, 2.75) is 6.54 Å². The Bertz CT molecular complexity index is 448. The monoisotopic (exact) mass is 217 g/mol. The minimum absolute atomic E-state index is 0.481. The predicted octanol–water partition coefficient (Wildman–Crippen LogP) is 0.887. The van der Waals surface area contributed by atoms with E-state index in [9.17, 15) is 0 Å². The van der Waals surface area contributed by atoms with E-state index in [1.807, 2.05) is 0 Å². The molecule has 0 spiro atoms. The van der Waals surface area contributed by atoms with Crippen molar-refractivity contribution in [2.75, 3.05) is 12.4 Å². The standard InChI is InChI=1S/C10H11N5O/c1-16-10-6-11-5-9(15-10)14-4-8-2-12-7-13-3-8/h2-3,5-7H,4H2,1H3,(H,14,15). The molecule has 2 aromatic heterocycles. The van der Waals surface area contributed by atoms with Gasteiger partial charge in [0, 0.05) is 24.5 Å². The Balaban J connectivity index is 1.99. The average molecular weight is 217 g/mol. The van der Waals surface area contributed by atoms with E-state index < -0.39 is 0 Å². The maximum atomic E-state index is 4.97. The Morgan fingerprint density at radius 2 is 1.94 bits per heavy atom. The lowest BCUT2D eigenvalue weighted by molar-refractivity contribution is 0.396. The number of nitrogens with zero attached hydrogens (tertiary/aromatic N) is 4. The molecule has 0 bridgehead atoms. The molecule has 2 aromatic rings. The number of rotatable bonds is 4. The molecule has 1 N–H and O–H groups in total. The van der Waals surface area contributed by atoms with Crippen LogP contribution in [0.5, 0.6) is 5.88 Å². The number of methoxy groups -OCH3 is 1. The van der Waals surface area contributed by atoms with Crippen molar-refractivity contribution in [3.63, 3.8) is 0 Å². The smallest absolute Gasteiger partial charge is 0.233 e. The summed E-state index contributed by atoms with van der Waals surface area (Å²) in [6, 6.07) is 0. The van der Waals surface area contributed by atoms with E-state index in [1.165, 1.54) is 6.33 Å². The van der Waals surface area contributed by atoms with Crippen LogP contribution < -0.4 is 10.1 Å². The summed E-state index contributed by atoms with van der Waals surface area (Å²) in [5.74, 6) is 1.14. The third-order valence-electron chi connectivity index (χ3n) is 1.91. The molecule has 0 amide bonds. The van der Waals surface area contributed by atoms with Gasteiger partial charge < -0.3 is 10.1 Å². The Morgan fingerprint density at radius 3 is 2.69 bits per heavy atom. The summed E-state index contributed by atoms with van der Waals surface area (Å²) in [6.45, 7) is 0.600. The van der Waals surface area contributed by atoms with Crippen molar-refractivity contribution in [1.82, 2.24) is 19.9 Å². The third-order valence-corrected chi connectivity index (χ3v) is 1.91. The molecule has 6 nitrogen and oxygen atoms in total. The number of aromatic nitrogens is 4. The van der Waals surface area contributed by atoms with Gasteiger partial charge in [0.25, 0.3) is 0 Å². The molecular formula is C10H11N5O. The van der Waals surface area contributed by atoms with Crippen LogP contribution >= 0.6 is 0 Å². The SMILES string of the molecule is COc1cncc(NCc2cncnc2)n1. The van der Waals surface area contributed by atoms with E-state index in [0.717, 1.165) is 5.56 Å². The van der Waals surface area contributed by atoms with Gasteiger partial charge in [0.15, 0.2) is 0 Å². The lowest BCUT2D eigenvalue weighted by atomic mass is 10.3. The molecule has 0 aliphatic heterocycles. The summed E-state index contributed by atoms with van der Waals surface area (Å²) < 4.78 is 4.97. The highest BCUT2D eigenvalue weighted by molar-refractivity contribution is 5.34. The molecule has 0 fully saturated rings. The highest BCUT2D eigenvalue weighted by Crippen LogP contribution is 2.08. The van der Waals surface area contributed by atoms with E-state index in [4.69, 9.17) is 4.74 Å². The van der Waals surface area contributed by atoms with Gasteiger partial charge in [0.2, 0.25) is 5.88 Å². The van der Waals surface area contributed by atoms with Crippen LogP contribution in [0.2, 0.25) is 0 Å². The van der Waals surface area contributed by atoms with Gasteiger partial charge in [-0.05, 0) is 0 Å². The van der Waals surface area contributed by atoms with Gasteiger partial charge in [0.1, 0.15) is 12.1 Å². The molecule has 0 saturated carbocycles. The molecule has 0 saturated heterocycles. The summed E-state index contributed by atoms with van der Waals surface area (Å²) in [7, 11) is 1.55. The minimum Gasteiger partial charge on any atom is -0.480 e. The summed E-state index contributed by atoms with van der Waals surface area (Å²) in [5.41, 5.74) is 0.979. The van der Waals surface area contributed by atoms with E-state index in [-0.39, 0.29) is 0 Å². The van der Waals surface area contributed by atoms with Crippen molar-refractivity contribution < 1.29 is 4.74 Å². The molecule has 0 aliphatic carbocycles. The normalized spacial score (nSPS) is 9.81. The van der Waals surface area contributed by atoms with Gasteiger partial charge in [-0.25, -0.2) is 9.97 Å². The molecule has 0 aromatic carbocycles. The second-order valence-corrected chi connectivity index (χ2v) is 3.05. The fraction of sp³-hybridized carbons (Fsp3) is 0.200. The maximum absolute atomic E-state index is 4.97. The fourth-order valence-corrected chi connectivity index (χ4v) is 1.15. The molecule has 2 heterocycles. The first-order valence-corrected chi connectivity index (χ1v) is 4.72. The zero-order valence-corrected chi connectivity index (χ0v) is 8.79. The zero-order chi connectivity index (χ0) is 11.2. The van der Waals surface area contributed by atoms with Crippen LogP contribution in [-0.4, -0.2) is 27.0 Å². The van der Waals surface area contributed by atoms with Crippen LogP contribution in [0.4, 0.5) is 5.82 Å². The average Bonchev–Trinajstić information content (AvgIpc) is 2.38. The van der Waals surface area contributed by atoms with Gasteiger partial charge in [-0.3, -0.25) is 4.98 Å². The highest BCUT2D eigenvalue weighted by atomic mass is 16.5. The first kappa shape index (κ1) is 10.3. The van der Waals surface area contributed by atoms with Gasteiger partial charge in [-0.1, -0.05) is 0 Å². The largest absolute Gasteiger partial charge is 0.480 e. The van der Waals surface area contributed by atoms with Crippen LogP contribution in [-0.2, 0) is 6.54 Å². The van der Waals surface area contributed by atoms with Crippen molar-refractivity contribution in [3.8, 4) is 5.88 Å². The van der Waals surface area contributed by atoms with Gasteiger partial charge in [0.05, 0.1) is 19.5 Å².